The van der Waals surface area contributed by atoms with Crippen molar-refractivity contribution >= 4 is 44.9 Å². The number of hydrogen-bond donors (Lipinski definition) is 2. The molecule has 0 saturated carbocycles. The van der Waals surface area contributed by atoms with Gasteiger partial charge in [-0.3, -0.25) is 4.79 Å². The van der Waals surface area contributed by atoms with Gasteiger partial charge in [0.2, 0.25) is 0 Å². The largest absolute Gasteiger partial charge is 0.397 e. The minimum absolute atomic E-state index is 0.0539. The van der Waals surface area contributed by atoms with Crippen LogP contribution in [0.2, 0.25) is 0 Å². The quantitative estimate of drug-likeness (QED) is 0.895. The highest BCUT2D eigenvalue weighted by Crippen LogP contribution is 2.34. The molecule has 0 unspecified atom stereocenters. The molecule has 4 nitrogen and oxygen atoms in total. The van der Waals surface area contributed by atoms with Crippen molar-refractivity contribution in [1.29, 1.82) is 0 Å². The van der Waals surface area contributed by atoms with Gasteiger partial charge in [-0.25, -0.2) is 4.98 Å². The lowest BCUT2D eigenvalue weighted by atomic mass is 10.1. The van der Waals surface area contributed by atoms with Crippen molar-refractivity contribution < 1.29 is 4.79 Å². The van der Waals surface area contributed by atoms with E-state index in [0.29, 0.717) is 10.6 Å². The van der Waals surface area contributed by atoms with Crippen LogP contribution in [0.4, 0.5) is 5.69 Å². The normalized spacial score (nSPS) is 16.4. The summed E-state index contributed by atoms with van der Waals surface area (Å²) in [5.74, 6) is 2.18. The Morgan fingerprint density at radius 3 is 2.90 bits per heavy atom. The Balaban J connectivity index is 1.87. The second-order valence-corrected chi connectivity index (χ2v) is 7.24. The van der Waals surface area contributed by atoms with Crippen LogP contribution in [0.3, 0.4) is 0 Å². The number of rotatable bonds is 2. The van der Waals surface area contributed by atoms with Crippen molar-refractivity contribution in [2.24, 2.45) is 0 Å². The molecule has 20 heavy (non-hydrogen) atoms. The molecule has 3 N–H and O–H groups in total. The average molecular weight is 307 g/mol. The number of thiophene rings is 1. The predicted octanol–water partition coefficient (Wildman–Crippen LogP) is 2.81. The van der Waals surface area contributed by atoms with Gasteiger partial charge >= 0.3 is 0 Å². The fourth-order valence-corrected chi connectivity index (χ4v) is 4.62. The summed E-state index contributed by atoms with van der Waals surface area (Å²) in [5.41, 5.74) is 7.79. The molecule has 106 valence electrons. The second kappa shape index (κ2) is 5.61. The highest BCUT2D eigenvalue weighted by molar-refractivity contribution is 7.99. The molecule has 0 bridgehead atoms. The maximum atomic E-state index is 12.4. The van der Waals surface area contributed by atoms with Gasteiger partial charge in [0.15, 0.2) is 0 Å². The molecule has 1 fully saturated rings. The highest BCUT2D eigenvalue weighted by atomic mass is 32.2. The third-order valence-corrected chi connectivity index (χ3v) is 5.76. The van der Waals surface area contributed by atoms with Crippen LogP contribution in [-0.2, 0) is 0 Å². The molecular formula is C14H17N3OS2. The summed E-state index contributed by atoms with van der Waals surface area (Å²) in [6.07, 6.45) is 3.84. The number of pyridine rings is 1. The van der Waals surface area contributed by atoms with Crippen LogP contribution in [0.5, 0.6) is 0 Å². The molecule has 3 heterocycles. The van der Waals surface area contributed by atoms with Crippen molar-refractivity contribution in [3.8, 4) is 0 Å². The van der Waals surface area contributed by atoms with Gasteiger partial charge < -0.3 is 11.1 Å². The number of carbonyl (C=O) groups is 1. The summed E-state index contributed by atoms with van der Waals surface area (Å²) in [7, 11) is 0. The molecule has 0 radical (unpaired) electrons. The van der Waals surface area contributed by atoms with Gasteiger partial charge in [-0.2, -0.15) is 11.8 Å². The van der Waals surface area contributed by atoms with Crippen molar-refractivity contribution in [3.05, 3.63) is 22.7 Å². The summed E-state index contributed by atoms with van der Waals surface area (Å²) in [4.78, 5) is 18.1. The molecular weight excluding hydrogens is 290 g/mol. The monoisotopic (exact) mass is 307 g/mol. The number of nitrogens with two attached hydrogens (primary N) is 1. The van der Waals surface area contributed by atoms with E-state index in [1.165, 1.54) is 11.3 Å². The highest BCUT2D eigenvalue weighted by Gasteiger charge is 2.22. The lowest BCUT2D eigenvalue weighted by Crippen LogP contribution is -2.37. The lowest BCUT2D eigenvalue weighted by molar-refractivity contribution is 0.0940. The topological polar surface area (TPSA) is 68.0 Å². The van der Waals surface area contributed by atoms with E-state index in [1.807, 2.05) is 24.8 Å². The number of thioether (sulfide) groups is 1. The van der Waals surface area contributed by atoms with E-state index in [-0.39, 0.29) is 11.9 Å². The number of nitrogens with one attached hydrogen (secondary N) is 1. The molecule has 2 aromatic heterocycles. The lowest BCUT2D eigenvalue weighted by Gasteiger charge is -2.22. The maximum Gasteiger partial charge on any atom is 0.263 e. The molecule has 1 aliphatic rings. The number of nitrogens with zero attached hydrogens (tertiary/aromatic N) is 1. The van der Waals surface area contributed by atoms with Crippen LogP contribution >= 0.6 is 23.1 Å². The van der Waals surface area contributed by atoms with E-state index < -0.39 is 0 Å². The Kier molecular flexibility index (Phi) is 3.85. The number of fused-ring (bicyclic) bond motifs is 1. The number of carbonyl (C=O) groups excluding carboxylic acids is 1. The summed E-state index contributed by atoms with van der Waals surface area (Å²) in [6.45, 7) is 1.99. The summed E-state index contributed by atoms with van der Waals surface area (Å²) >= 11 is 3.33. The first-order valence-corrected chi connectivity index (χ1v) is 8.66. The van der Waals surface area contributed by atoms with Crippen molar-refractivity contribution in [2.45, 2.75) is 25.8 Å². The van der Waals surface area contributed by atoms with Crippen LogP contribution in [0.15, 0.2) is 12.3 Å². The van der Waals surface area contributed by atoms with Crippen molar-refractivity contribution in [3.63, 3.8) is 0 Å². The standard InChI is InChI=1S/C14H17N3OS2/c1-8-2-5-16-14-10(8)11(15)12(20-14)13(18)17-9-3-6-19-7-4-9/h2,5,9H,3-4,6-7,15H2,1H3,(H,17,18). The van der Waals surface area contributed by atoms with Crippen LogP contribution in [0, 0.1) is 6.92 Å². The van der Waals surface area contributed by atoms with Gasteiger partial charge in [-0.15, -0.1) is 11.3 Å². The first-order valence-electron chi connectivity index (χ1n) is 6.69. The Morgan fingerprint density at radius 1 is 1.45 bits per heavy atom. The van der Waals surface area contributed by atoms with Gasteiger partial charge in [0.25, 0.3) is 5.91 Å². The average Bonchev–Trinajstić information content (AvgIpc) is 2.79. The molecule has 0 atom stereocenters. The molecule has 2 aromatic rings. The Morgan fingerprint density at radius 2 is 2.20 bits per heavy atom. The van der Waals surface area contributed by atoms with E-state index >= 15 is 0 Å². The van der Waals surface area contributed by atoms with E-state index in [4.69, 9.17) is 5.73 Å². The smallest absolute Gasteiger partial charge is 0.263 e. The first kappa shape index (κ1) is 13.7. The first-order chi connectivity index (χ1) is 9.66. The van der Waals surface area contributed by atoms with Gasteiger partial charge in [0, 0.05) is 17.6 Å². The minimum Gasteiger partial charge on any atom is -0.397 e. The Hall–Kier alpha value is -1.27. The fourth-order valence-electron chi connectivity index (χ4n) is 2.47. The number of aromatic nitrogens is 1. The van der Waals surface area contributed by atoms with Crippen molar-refractivity contribution in [2.75, 3.05) is 17.2 Å². The number of anilines is 1. The molecule has 1 saturated heterocycles. The summed E-state index contributed by atoms with van der Waals surface area (Å²) < 4.78 is 0. The number of hydrogen-bond acceptors (Lipinski definition) is 5. The number of nitrogen functional groups attached to an aromatic ring is 1. The van der Waals surface area contributed by atoms with Gasteiger partial charge in [0.1, 0.15) is 9.71 Å². The summed E-state index contributed by atoms with van der Waals surface area (Å²) in [6, 6.07) is 2.20. The predicted molar refractivity (Wildman–Crippen MR) is 86.6 cm³/mol. The number of aryl methyl sites for hydroxylation is 1. The van der Waals surface area contributed by atoms with Crippen LogP contribution in [0.1, 0.15) is 28.1 Å². The molecule has 6 heteroatoms. The molecule has 1 aliphatic heterocycles. The fraction of sp³-hybridized carbons (Fsp3) is 0.429. The molecule has 3 rings (SSSR count). The third kappa shape index (κ3) is 2.50. The van der Waals surface area contributed by atoms with E-state index in [1.54, 1.807) is 6.20 Å². The van der Waals surface area contributed by atoms with Gasteiger partial charge in [0.05, 0.1) is 5.69 Å². The van der Waals surface area contributed by atoms with Crippen LogP contribution in [-0.4, -0.2) is 28.4 Å². The van der Waals surface area contributed by atoms with Gasteiger partial charge in [-0.1, -0.05) is 0 Å². The minimum atomic E-state index is -0.0539. The van der Waals surface area contributed by atoms with Gasteiger partial charge in [-0.05, 0) is 42.9 Å². The maximum absolute atomic E-state index is 12.4. The molecule has 0 spiro atoms. The second-order valence-electron chi connectivity index (χ2n) is 5.01. The van der Waals surface area contributed by atoms with E-state index in [0.717, 1.165) is 40.1 Å². The number of amides is 1. The van der Waals surface area contributed by atoms with Crippen molar-refractivity contribution in [1.82, 2.24) is 10.3 Å². The zero-order valence-corrected chi connectivity index (χ0v) is 12.9. The Labute approximate surface area is 126 Å². The SMILES string of the molecule is Cc1ccnc2sc(C(=O)NC3CCSCC3)c(N)c12. The van der Waals surface area contributed by atoms with Crippen LogP contribution < -0.4 is 11.1 Å². The Bertz CT molecular complexity index is 647. The zero-order chi connectivity index (χ0) is 14.1. The third-order valence-electron chi connectivity index (χ3n) is 3.60. The molecule has 0 aliphatic carbocycles. The van der Waals surface area contributed by atoms with E-state index in [9.17, 15) is 4.79 Å². The zero-order valence-electron chi connectivity index (χ0n) is 11.3. The molecule has 0 aromatic carbocycles. The molecule has 1 amide bonds. The van der Waals surface area contributed by atoms with Crippen LogP contribution in [0.25, 0.3) is 10.2 Å². The van der Waals surface area contributed by atoms with E-state index in [2.05, 4.69) is 10.3 Å². The summed E-state index contributed by atoms with van der Waals surface area (Å²) in [5, 5.41) is 4.03.